The fourth-order valence-electron chi connectivity index (χ4n) is 2.39. The summed E-state index contributed by atoms with van der Waals surface area (Å²) < 4.78 is 28.0. The molecule has 0 radical (unpaired) electrons. The molecule has 1 aliphatic rings. The monoisotopic (exact) mass is 315 g/mol. The molecule has 0 saturated carbocycles. The van der Waals surface area contributed by atoms with E-state index in [1.807, 2.05) is 11.5 Å². The Bertz CT molecular complexity index is 632. The van der Waals surface area contributed by atoms with Crippen molar-refractivity contribution in [2.75, 3.05) is 13.1 Å². The Kier molecular flexibility index (Phi) is 4.38. The van der Waals surface area contributed by atoms with Crippen LogP contribution in [0.25, 0.3) is 0 Å². The van der Waals surface area contributed by atoms with Crippen LogP contribution in [0.5, 0.6) is 0 Å². The molecule has 1 fully saturated rings. The summed E-state index contributed by atoms with van der Waals surface area (Å²) in [7, 11) is -3.61. The number of carboxylic acid groups (broad SMARTS) is 1. The second-order valence-corrected chi connectivity index (χ2v) is 7.41. The standard InChI is InChI=1S/C13H21N3O4S/c1-4-5-15-8-12(14-10(15)3)21(19,20)16-6-11(7-16)9(2)13(17)18/h8-9,11H,4-7H2,1-3H3,(H,17,18). The molecule has 0 aliphatic carbocycles. The predicted molar refractivity (Wildman–Crippen MR) is 76.3 cm³/mol. The van der Waals surface area contributed by atoms with E-state index in [0.717, 1.165) is 13.0 Å². The second-order valence-electron chi connectivity index (χ2n) is 5.53. The first kappa shape index (κ1) is 16.0. The smallest absolute Gasteiger partial charge is 0.306 e. The summed E-state index contributed by atoms with van der Waals surface area (Å²) in [6, 6.07) is 0. The Labute approximate surface area is 124 Å². The molecule has 118 valence electrons. The van der Waals surface area contributed by atoms with Gasteiger partial charge in [-0.3, -0.25) is 4.79 Å². The number of imidazole rings is 1. The second kappa shape index (κ2) is 5.76. The molecule has 1 saturated heterocycles. The lowest BCUT2D eigenvalue weighted by molar-refractivity contribution is -0.144. The summed E-state index contributed by atoms with van der Waals surface area (Å²) in [5, 5.41) is 8.99. The zero-order chi connectivity index (χ0) is 15.8. The molecular formula is C13H21N3O4S. The van der Waals surface area contributed by atoms with Crippen molar-refractivity contribution in [1.29, 1.82) is 0 Å². The summed E-state index contributed by atoms with van der Waals surface area (Å²) in [5.41, 5.74) is 0. The molecule has 1 aliphatic heterocycles. The lowest BCUT2D eigenvalue weighted by Gasteiger charge is -2.39. The molecule has 1 aromatic rings. The van der Waals surface area contributed by atoms with Gasteiger partial charge in [0.2, 0.25) is 0 Å². The minimum atomic E-state index is -3.61. The van der Waals surface area contributed by atoms with Crippen molar-refractivity contribution in [2.45, 2.75) is 38.8 Å². The van der Waals surface area contributed by atoms with Gasteiger partial charge in [-0.2, -0.15) is 4.31 Å². The van der Waals surface area contributed by atoms with Gasteiger partial charge in [-0.1, -0.05) is 13.8 Å². The number of aryl methyl sites for hydroxylation is 2. The average molecular weight is 315 g/mol. The van der Waals surface area contributed by atoms with Gasteiger partial charge >= 0.3 is 5.97 Å². The van der Waals surface area contributed by atoms with E-state index < -0.39 is 21.9 Å². The normalized spacial score (nSPS) is 18.4. The van der Waals surface area contributed by atoms with Crippen LogP contribution in [0.3, 0.4) is 0 Å². The highest BCUT2D eigenvalue weighted by molar-refractivity contribution is 7.89. The van der Waals surface area contributed by atoms with Crippen molar-refractivity contribution < 1.29 is 18.3 Å². The van der Waals surface area contributed by atoms with Gasteiger partial charge < -0.3 is 9.67 Å². The summed E-state index contributed by atoms with van der Waals surface area (Å²) >= 11 is 0. The molecular weight excluding hydrogens is 294 g/mol. The third-order valence-electron chi connectivity index (χ3n) is 4.00. The fourth-order valence-corrected chi connectivity index (χ4v) is 3.93. The van der Waals surface area contributed by atoms with E-state index in [-0.39, 0.29) is 24.0 Å². The number of rotatable bonds is 6. The number of carboxylic acids is 1. The summed E-state index contributed by atoms with van der Waals surface area (Å²) in [6.07, 6.45) is 2.46. The quantitative estimate of drug-likeness (QED) is 0.843. The predicted octanol–water partition coefficient (Wildman–Crippen LogP) is 0.943. The Morgan fingerprint density at radius 1 is 1.52 bits per heavy atom. The maximum absolute atomic E-state index is 12.4. The molecule has 0 aromatic carbocycles. The fraction of sp³-hybridized carbons (Fsp3) is 0.692. The number of carbonyl (C=O) groups is 1. The van der Waals surface area contributed by atoms with Crippen molar-refractivity contribution in [3.05, 3.63) is 12.0 Å². The van der Waals surface area contributed by atoms with Crippen LogP contribution < -0.4 is 0 Å². The van der Waals surface area contributed by atoms with Crippen LogP contribution >= 0.6 is 0 Å². The van der Waals surface area contributed by atoms with Gasteiger partial charge in [-0.15, -0.1) is 0 Å². The zero-order valence-corrected chi connectivity index (χ0v) is 13.3. The van der Waals surface area contributed by atoms with Crippen molar-refractivity contribution in [3.63, 3.8) is 0 Å². The number of sulfonamides is 1. The van der Waals surface area contributed by atoms with E-state index in [4.69, 9.17) is 5.11 Å². The van der Waals surface area contributed by atoms with Crippen LogP contribution in [0.2, 0.25) is 0 Å². The Morgan fingerprint density at radius 2 is 2.14 bits per heavy atom. The minimum absolute atomic E-state index is 0.0508. The van der Waals surface area contributed by atoms with Gasteiger partial charge in [0.1, 0.15) is 5.82 Å². The van der Waals surface area contributed by atoms with E-state index in [2.05, 4.69) is 4.98 Å². The van der Waals surface area contributed by atoms with Crippen molar-refractivity contribution in [1.82, 2.24) is 13.9 Å². The average Bonchev–Trinajstić information content (AvgIpc) is 2.70. The highest BCUT2D eigenvalue weighted by atomic mass is 32.2. The minimum Gasteiger partial charge on any atom is -0.481 e. The molecule has 2 rings (SSSR count). The largest absolute Gasteiger partial charge is 0.481 e. The van der Waals surface area contributed by atoms with E-state index in [1.165, 1.54) is 4.31 Å². The van der Waals surface area contributed by atoms with Crippen LogP contribution in [-0.2, 0) is 21.4 Å². The number of nitrogens with zero attached hydrogens (tertiary/aromatic N) is 3. The number of hydrogen-bond acceptors (Lipinski definition) is 4. The molecule has 0 bridgehead atoms. The third kappa shape index (κ3) is 2.96. The maximum atomic E-state index is 12.4. The third-order valence-corrected chi connectivity index (χ3v) is 5.70. The maximum Gasteiger partial charge on any atom is 0.306 e. The van der Waals surface area contributed by atoms with E-state index in [0.29, 0.717) is 5.82 Å². The highest BCUT2D eigenvalue weighted by Gasteiger charge is 2.42. The van der Waals surface area contributed by atoms with E-state index in [1.54, 1.807) is 20.0 Å². The summed E-state index contributed by atoms with van der Waals surface area (Å²) in [5.74, 6) is -0.876. The number of aliphatic carboxylic acids is 1. The van der Waals surface area contributed by atoms with Gasteiger partial charge in [-0.25, -0.2) is 13.4 Å². The van der Waals surface area contributed by atoms with Gasteiger partial charge in [0.05, 0.1) is 5.92 Å². The van der Waals surface area contributed by atoms with Crippen LogP contribution in [-0.4, -0.2) is 46.4 Å². The van der Waals surface area contributed by atoms with Crippen molar-refractivity contribution in [2.24, 2.45) is 11.8 Å². The molecule has 0 spiro atoms. The molecule has 1 unspecified atom stereocenters. The highest BCUT2D eigenvalue weighted by Crippen LogP contribution is 2.29. The molecule has 1 atom stereocenters. The van der Waals surface area contributed by atoms with Crippen LogP contribution in [0.15, 0.2) is 11.2 Å². The molecule has 1 aromatic heterocycles. The van der Waals surface area contributed by atoms with Crippen molar-refractivity contribution >= 4 is 16.0 Å². The van der Waals surface area contributed by atoms with Crippen molar-refractivity contribution in [3.8, 4) is 0 Å². The lowest BCUT2D eigenvalue weighted by Crippen LogP contribution is -2.53. The number of hydrogen-bond donors (Lipinski definition) is 1. The molecule has 2 heterocycles. The zero-order valence-electron chi connectivity index (χ0n) is 12.5. The molecule has 21 heavy (non-hydrogen) atoms. The molecule has 1 N–H and O–H groups in total. The van der Waals surface area contributed by atoms with Crippen LogP contribution in [0.1, 0.15) is 26.1 Å². The first-order valence-corrected chi connectivity index (χ1v) is 8.48. The van der Waals surface area contributed by atoms with Crippen LogP contribution in [0.4, 0.5) is 0 Å². The summed E-state index contributed by atoms with van der Waals surface area (Å²) in [6.45, 7) is 6.62. The Morgan fingerprint density at radius 3 is 2.67 bits per heavy atom. The van der Waals surface area contributed by atoms with Gasteiger partial charge in [-0.05, 0) is 19.3 Å². The lowest BCUT2D eigenvalue weighted by atomic mass is 9.89. The Hall–Kier alpha value is -1.41. The summed E-state index contributed by atoms with van der Waals surface area (Å²) in [4.78, 5) is 15.0. The first-order valence-electron chi connectivity index (χ1n) is 7.04. The number of aromatic nitrogens is 2. The SMILES string of the molecule is CCCn1cc(S(=O)(=O)N2CC(C(C)C(=O)O)C2)nc1C. The topological polar surface area (TPSA) is 92.5 Å². The van der Waals surface area contributed by atoms with Gasteiger partial charge in [0, 0.05) is 25.8 Å². The Balaban J connectivity index is 2.10. The van der Waals surface area contributed by atoms with E-state index in [9.17, 15) is 13.2 Å². The van der Waals surface area contributed by atoms with E-state index >= 15 is 0 Å². The molecule has 8 heteroatoms. The molecule has 0 amide bonds. The van der Waals surface area contributed by atoms with Crippen LogP contribution in [0, 0.1) is 18.8 Å². The molecule has 7 nitrogen and oxygen atoms in total. The van der Waals surface area contributed by atoms with Gasteiger partial charge in [0.25, 0.3) is 10.0 Å². The first-order chi connectivity index (χ1) is 9.77. The van der Waals surface area contributed by atoms with Gasteiger partial charge in [0.15, 0.2) is 5.03 Å².